The maximum Gasteiger partial charge on any atom is 0.191 e. The van der Waals surface area contributed by atoms with E-state index >= 15 is 0 Å². The maximum absolute atomic E-state index is 11.2. The third-order valence-electron chi connectivity index (χ3n) is 5.74. The number of nitrogens with zero attached hydrogens (tertiary/aromatic N) is 2. The zero-order chi connectivity index (χ0) is 22.6. The van der Waals surface area contributed by atoms with Crippen LogP contribution in [-0.4, -0.2) is 80.0 Å². The molecule has 5 atom stereocenters. The van der Waals surface area contributed by atoms with Crippen molar-refractivity contribution in [3.8, 4) is 23.7 Å². The van der Waals surface area contributed by atoms with Gasteiger partial charge in [-0.1, -0.05) is 41.9 Å². The predicted molar refractivity (Wildman–Crippen MR) is 114 cm³/mol. The molecule has 0 unspecified atom stereocenters. The lowest BCUT2D eigenvalue weighted by atomic mass is 9.82. The van der Waals surface area contributed by atoms with Crippen LogP contribution in [0.25, 0.3) is 0 Å². The van der Waals surface area contributed by atoms with Crippen LogP contribution in [0.1, 0.15) is 30.0 Å². The smallest absolute Gasteiger partial charge is 0.191 e. The first-order valence-corrected chi connectivity index (χ1v) is 10.6. The topological polar surface area (TPSA) is 117 Å². The van der Waals surface area contributed by atoms with E-state index in [9.17, 15) is 20.4 Å². The highest BCUT2D eigenvalue weighted by Gasteiger charge is 2.53. The summed E-state index contributed by atoms with van der Waals surface area (Å²) in [4.78, 5) is 0. The summed E-state index contributed by atoms with van der Waals surface area (Å²) in [5, 5.41) is 46.0. The molecule has 0 spiro atoms. The summed E-state index contributed by atoms with van der Waals surface area (Å²) in [5.74, 6) is 11.2. The number of aromatic nitrogens is 2. The van der Waals surface area contributed by atoms with Crippen LogP contribution in [-0.2, 0) is 9.47 Å². The van der Waals surface area contributed by atoms with Gasteiger partial charge in [0, 0.05) is 25.0 Å². The second-order valence-corrected chi connectivity index (χ2v) is 7.94. The maximum atomic E-state index is 11.2. The first kappa shape index (κ1) is 22.5. The molecule has 0 aliphatic carbocycles. The third-order valence-corrected chi connectivity index (χ3v) is 5.74. The summed E-state index contributed by atoms with van der Waals surface area (Å²) < 4.78 is 12.9. The second kappa shape index (κ2) is 9.85. The summed E-state index contributed by atoms with van der Waals surface area (Å²) in [6.07, 6.45) is -0.397. The van der Waals surface area contributed by atoms with Gasteiger partial charge in [-0.25, -0.2) is 0 Å². The standard InChI is InChI=1S/C24H26N2O6/c27-16-20-22(28)23(29)24(30,11-8-17-4-2-1-3-5-17)21(32-20)7-6-18-14-25-26(15-18)19-9-12-31-13-10-19/h1-5,14-15,19-23,27-30H,9-10,12-13,16H2/t20-,21-,22-,23+,24-/m1/s1. The van der Waals surface area contributed by atoms with Crippen LogP contribution >= 0.6 is 0 Å². The highest BCUT2D eigenvalue weighted by atomic mass is 16.5. The van der Waals surface area contributed by atoms with Gasteiger partial charge in [0.15, 0.2) is 11.7 Å². The minimum atomic E-state index is -2.16. The molecular weight excluding hydrogens is 412 g/mol. The number of aliphatic hydroxyl groups is 4. The summed E-state index contributed by atoms with van der Waals surface area (Å²) in [7, 11) is 0. The Morgan fingerprint density at radius 3 is 2.56 bits per heavy atom. The monoisotopic (exact) mass is 438 g/mol. The lowest BCUT2D eigenvalue weighted by Gasteiger charge is -2.43. The van der Waals surface area contributed by atoms with Crippen molar-refractivity contribution < 1.29 is 29.9 Å². The number of ether oxygens (including phenoxy) is 2. The molecule has 8 nitrogen and oxygen atoms in total. The van der Waals surface area contributed by atoms with Gasteiger partial charge in [-0.05, 0) is 25.0 Å². The number of benzene rings is 1. The van der Waals surface area contributed by atoms with E-state index in [2.05, 4.69) is 28.8 Å². The van der Waals surface area contributed by atoms with Gasteiger partial charge in [0.1, 0.15) is 18.3 Å². The predicted octanol–water partition coefficient (Wildman–Crippen LogP) is -0.150. The van der Waals surface area contributed by atoms with Crippen molar-refractivity contribution in [3.63, 3.8) is 0 Å². The van der Waals surface area contributed by atoms with Crippen molar-refractivity contribution in [1.29, 1.82) is 0 Å². The zero-order valence-corrected chi connectivity index (χ0v) is 17.5. The molecule has 2 fully saturated rings. The van der Waals surface area contributed by atoms with Crippen molar-refractivity contribution >= 4 is 0 Å². The zero-order valence-electron chi connectivity index (χ0n) is 17.5. The van der Waals surface area contributed by atoms with Crippen LogP contribution in [0.15, 0.2) is 42.7 Å². The Morgan fingerprint density at radius 2 is 1.84 bits per heavy atom. The summed E-state index contributed by atoms with van der Waals surface area (Å²) >= 11 is 0. The summed E-state index contributed by atoms with van der Waals surface area (Å²) in [5.41, 5.74) is -0.930. The molecule has 4 N–H and O–H groups in total. The van der Waals surface area contributed by atoms with E-state index in [1.54, 1.807) is 30.5 Å². The highest BCUT2D eigenvalue weighted by Crippen LogP contribution is 2.30. The van der Waals surface area contributed by atoms with E-state index in [4.69, 9.17) is 9.47 Å². The Bertz CT molecular complexity index is 1030. The van der Waals surface area contributed by atoms with Gasteiger partial charge in [-0.15, -0.1) is 0 Å². The number of hydrogen-bond acceptors (Lipinski definition) is 7. The SMILES string of the molecule is OC[C@H]1O[C@H](C#Cc2cnn(C3CCOCC3)c2)[C@](O)(C#Cc2ccccc2)[C@@H](O)[C@@H]1O. The fourth-order valence-electron chi connectivity index (χ4n) is 3.81. The molecule has 2 aliphatic rings. The Labute approximate surface area is 186 Å². The van der Waals surface area contributed by atoms with Crippen LogP contribution in [0.3, 0.4) is 0 Å². The van der Waals surface area contributed by atoms with Crippen molar-refractivity contribution in [1.82, 2.24) is 9.78 Å². The average Bonchev–Trinajstić information content (AvgIpc) is 3.31. The normalized spacial score (nSPS) is 30.6. The summed E-state index contributed by atoms with van der Waals surface area (Å²) in [6.45, 7) is 0.842. The van der Waals surface area contributed by atoms with Crippen LogP contribution in [0.5, 0.6) is 0 Å². The molecular formula is C24H26N2O6. The molecule has 2 aromatic rings. The lowest BCUT2D eigenvalue weighted by molar-refractivity contribution is -0.239. The first-order valence-electron chi connectivity index (χ1n) is 10.6. The molecule has 168 valence electrons. The van der Waals surface area contributed by atoms with E-state index in [-0.39, 0.29) is 6.04 Å². The molecule has 0 radical (unpaired) electrons. The molecule has 32 heavy (non-hydrogen) atoms. The third kappa shape index (κ3) is 4.72. The molecule has 0 saturated carbocycles. The van der Waals surface area contributed by atoms with Crippen LogP contribution in [0.4, 0.5) is 0 Å². The highest BCUT2D eigenvalue weighted by molar-refractivity contribution is 5.41. The molecule has 8 heteroatoms. The molecule has 1 aromatic carbocycles. The van der Waals surface area contributed by atoms with Crippen LogP contribution in [0, 0.1) is 23.7 Å². The van der Waals surface area contributed by atoms with Gasteiger partial charge in [0.2, 0.25) is 0 Å². The fraction of sp³-hybridized carbons (Fsp3) is 0.458. The molecule has 2 aliphatic heterocycles. The van der Waals surface area contributed by atoms with Gasteiger partial charge < -0.3 is 29.9 Å². The minimum Gasteiger partial charge on any atom is -0.394 e. The van der Waals surface area contributed by atoms with E-state index in [1.807, 2.05) is 16.9 Å². The van der Waals surface area contributed by atoms with Crippen molar-refractivity contribution in [2.24, 2.45) is 0 Å². The van der Waals surface area contributed by atoms with Gasteiger partial charge >= 0.3 is 0 Å². The fourth-order valence-corrected chi connectivity index (χ4v) is 3.81. The lowest BCUT2D eigenvalue weighted by Crippen LogP contribution is -2.65. The minimum absolute atomic E-state index is 0.245. The Balaban J connectivity index is 1.61. The van der Waals surface area contributed by atoms with Gasteiger partial charge in [-0.2, -0.15) is 5.10 Å². The molecule has 0 amide bonds. The van der Waals surface area contributed by atoms with Crippen molar-refractivity contribution in [3.05, 3.63) is 53.9 Å². The van der Waals surface area contributed by atoms with E-state index < -0.39 is 36.6 Å². The largest absolute Gasteiger partial charge is 0.394 e. The number of aliphatic hydroxyl groups excluding tert-OH is 3. The Morgan fingerprint density at radius 1 is 1.09 bits per heavy atom. The Kier molecular flexibility index (Phi) is 6.92. The van der Waals surface area contributed by atoms with E-state index in [0.717, 1.165) is 12.8 Å². The van der Waals surface area contributed by atoms with Crippen molar-refractivity contribution in [2.75, 3.05) is 19.8 Å². The van der Waals surface area contributed by atoms with Crippen LogP contribution < -0.4 is 0 Å². The van der Waals surface area contributed by atoms with Gasteiger partial charge in [0.25, 0.3) is 0 Å². The average molecular weight is 438 g/mol. The van der Waals surface area contributed by atoms with E-state index in [0.29, 0.717) is 24.3 Å². The molecule has 4 rings (SSSR count). The number of rotatable bonds is 2. The molecule has 0 bridgehead atoms. The second-order valence-electron chi connectivity index (χ2n) is 7.94. The van der Waals surface area contributed by atoms with Gasteiger partial charge in [-0.3, -0.25) is 4.68 Å². The van der Waals surface area contributed by atoms with Crippen LogP contribution in [0.2, 0.25) is 0 Å². The van der Waals surface area contributed by atoms with E-state index in [1.165, 1.54) is 0 Å². The quantitative estimate of drug-likeness (QED) is 0.482. The Hall–Kier alpha value is -2.69. The number of hydrogen-bond donors (Lipinski definition) is 4. The molecule has 1 aromatic heterocycles. The molecule has 2 saturated heterocycles. The summed E-state index contributed by atoms with van der Waals surface area (Å²) in [6, 6.07) is 9.19. The molecule has 3 heterocycles. The van der Waals surface area contributed by atoms with Gasteiger partial charge in [0.05, 0.1) is 24.4 Å². The first-order chi connectivity index (χ1) is 15.5. The van der Waals surface area contributed by atoms with Crippen molar-refractivity contribution in [2.45, 2.75) is 48.9 Å².